The number of nitrogens with zero attached hydrogens (tertiary/aromatic N) is 1. The van der Waals surface area contributed by atoms with Crippen molar-refractivity contribution in [1.82, 2.24) is 10.2 Å². The van der Waals surface area contributed by atoms with Gasteiger partial charge in [-0.25, -0.2) is 0 Å². The number of thioether (sulfide) groups is 1. The smallest absolute Gasteiger partial charge is 0.0453 e. The van der Waals surface area contributed by atoms with Crippen molar-refractivity contribution in [3.8, 4) is 0 Å². The first kappa shape index (κ1) is 17.1. The molecule has 0 saturated carbocycles. The number of hydrogen-bond donors (Lipinski definition) is 1. The fourth-order valence-electron chi connectivity index (χ4n) is 2.99. The van der Waals surface area contributed by atoms with Crippen molar-refractivity contribution in [2.75, 3.05) is 31.9 Å². The van der Waals surface area contributed by atoms with Crippen LogP contribution >= 0.6 is 23.4 Å². The largest absolute Gasteiger partial charge is 0.310 e. The molecule has 0 spiro atoms. The van der Waals surface area contributed by atoms with Gasteiger partial charge in [-0.3, -0.25) is 0 Å². The Balaban J connectivity index is 1.96. The van der Waals surface area contributed by atoms with Crippen LogP contribution in [0.2, 0.25) is 5.02 Å². The minimum absolute atomic E-state index is 0.349. The topological polar surface area (TPSA) is 15.3 Å². The van der Waals surface area contributed by atoms with E-state index in [1.54, 1.807) is 0 Å². The van der Waals surface area contributed by atoms with Gasteiger partial charge in [0.2, 0.25) is 0 Å². The summed E-state index contributed by atoms with van der Waals surface area (Å²) in [6, 6.07) is 8.56. The summed E-state index contributed by atoms with van der Waals surface area (Å²) in [6.07, 6.45) is 1.11. The third kappa shape index (κ3) is 5.17. The molecular formula is C17H27ClN2S. The Bertz CT molecular complexity index is 450. The van der Waals surface area contributed by atoms with Crippen molar-refractivity contribution in [1.29, 1.82) is 0 Å². The van der Waals surface area contributed by atoms with E-state index in [1.165, 1.54) is 24.4 Å². The molecule has 21 heavy (non-hydrogen) atoms. The first-order chi connectivity index (χ1) is 10.0. The lowest BCUT2D eigenvalue weighted by molar-refractivity contribution is 0.245. The summed E-state index contributed by atoms with van der Waals surface area (Å²) in [5, 5.41) is 4.46. The van der Waals surface area contributed by atoms with Crippen molar-refractivity contribution < 1.29 is 0 Å². The predicted molar refractivity (Wildman–Crippen MR) is 95.5 cm³/mol. The lowest BCUT2D eigenvalue weighted by Crippen LogP contribution is -2.44. The molecule has 1 fully saturated rings. The number of hydrogen-bond acceptors (Lipinski definition) is 3. The fourth-order valence-corrected chi connectivity index (χ4v) is 4.43. The van der Waals surface area contributed by atoms with Crippen LogP contribution in [-0.4, -0.2) is 41.6 Å². The van der Waals surface area contributed by atoms with E-state index in [0.29, 0.717) is 10.8 Å². The molecule has 1 unspecified atom stereocenters. The summed E-state index contributed by atoms with van der Waals surface area (Å²) in [5.41, 5.74) is 1.23. The van der Waals surface area contributed by atoms with E-state index in [2.05, 4.69) is 54.9 Å². The predicted octanol–water partition coefficient (Wildman–Crippen LogP) is 4.21. The molecule has 0 amide bonds. The van der Waals surface area contributed by atoms with Crippen molar-refractivity contribution in [3.05, 3.63) is 34.9 Å². The molecule has 2 nitrogen and oxygen atoms in total. The second kappa shape index (κ2) is 7.87. The highest BCUT2D eigenvalue weighted by molar-refractivity contribution is 8.00. The molecule has 1 aliphatic heterocycles. The molecular weight excluding hydrogens is 300 g/mol. The van der Waals surface area contributed by atoms with Crippen LogP contribution in [0, 0.1) is 0 Å². The zero-order chi connectivity index (χ0) is 15.3. The van der Waals surface area contributed by atoms with Crippen LogP contribution in [0.5, 0.6) is 0 Å². The molecule has 118 valence electrons. The second-order valence-electron chi connectivity index (χ2n) is 6.30. The first-order valence-electron chi connectivity index (χ1n) is 7.86. The second-order valence-corrected chi connectivity index (χ2v) is 8.51. The fraction of sp³-hybridized carbons (Fsp3) is 0.647. The van der Waals surface area contributed by atoms with Gasteiger partial charge in [0, 0.05) is 41.2 Å². The highest BCUT2D eigenvalue weighted by atomic mass is 35.5. The standard InChI is InChI=1S/C17H27ClN2S/c1-4-19-16(14-7-5-6-8-15(14)18)9-10-20-11-12-21-17(2,3)13-20/h5-8,16,19H,4,9-13H2,1-3H3. The molecule has 0 bridgehead atoms. The lowest BCUT2D eigenvalue weighted by atomic mass is 10.0. The third-order valence-corrected chi connectivity index (χ3v) is 5.61. The minimum atomic E-state index is 0.349. The molecule has 0 aliphatic carbocycles. The van der Waals surface area contributed by atoms with Crippen molar-refractivity contribution >= 4 is 23.4 Å². The highest BCUT2D eigenvalue weighted by Crippen LogP contribution is 2.30. The summed E-state index contributed by atoms with van der Waals surface area (Å²) in [7, 11) is 0. The molecule has 1 atom stereocenters. The summed E-state index contributed by atoms with van der Waals surface area (Å²) in [5.74, 6) is 1.24. The summed E-state index contributed by atoms with van der Waals surface area (Å²) >= 11 is 8.45. The number of rotatable bonds is 6. The van der Waals surface area contributed by atoms with E-state index in [9.17, 15) is 0 Å². The van der Waals surface area contributed by atoms with Gasteiger partial charge in [-0.2, -0.15) is 11.8 Å². The van der Waals surface area contributed by atoms with Crippen molar-refractivity contribution in [3.63, 3.8) is 0 Å². The number of nitrogens with one attached hydrogen (secondary N) is 1. The summed E-state index contributed by atoms with van der Waals surface area (Å²) in [6.45, 7) is 11.3. The SMILES string of the molecule is CCNC(CCN1CCSC(C)(C)C1)c1ccccc1Cl. The zero-order valence-electron chi connectivity index (χ0n) is 13.4. The zero-order valence-corrected chi connectivity index (χ0v) is 14.9. The molecule has 1 aromatic rings. The third-order valence-electron chi connectivity index (χ3n) is 3.97. The summed E-state index contributed by atoms with van der Waals surface area (Å²) < 4.78 is 0.385. The molecule has 1 N–H and O–H groups in total. The Morgan fingerprint density at radius 3 is 2.81 bits per heavy atom. The quantitative estimate of drug-likeness (QED) is 0.843. The molecule has 4 heteroatoms. The van der Waals surface area contributed by atoms with Gasteiger partial charge in [-0.1, -0.05) is 36.7 Å². The van der Waals surface area contributed by atoms with Gasteiger partial charge >= 0.3 is 0 Å². The molecule has 0 radical (unpaired) electrons. The Hall–Kier alpha value is -0.220. The van der Waals surface area contributed by atoms with E-state index in [4.69, 9.17) is 11.6 Å². The molecule has 1 aliphatic rings. The maximum absolute atomic E-state index is 6.36. The Morgan fingerprint density at radius 1 is 1.38 bits per heavy atom. The Labute approximate surface area is 138 Å². The van der Waals surface area contributed by atoms with E-state index in [0.717, 1.165) is 24.5 Å². The van der Waals surface area contributed by atoms with Crippen LogP contribution < -0.4 is 5.32 Å². The van der Waals surface area contributed by atoms with Crippen molar-refractivity contribution in [2.45, 2.75) is 38.0 Å². The average Bonchev–Trinajstić information content (AvgIpc) is 2.43. The van der Waals surface area contributed by atoms with E-state index in [1.807, 2.05) is 12.1 Å². The van der Waals surface area contributed by atoms with Crippen LogP contribution in [-0.2, 0) is 0 Å². The molecule has 2 rings (SSSR count). The lowest BCUT2D eigenvalue weighted by Gasteiger charge is -2.38. The maximum Gasteiger partial charge on any atom is 0.0453 e. The van der Waals surface area contributed by atoms with Crippen molar-refractivity contribution in [2.24, 2.45) is 0 Å². The van der Waals surface area contributed by atoms with Gasteiger partial charge in [-0.15, -0.1) is 0 Å². The molecule has 1 aromatic carbocycles. The van der Waals surface area contributed by atoms with Crippen LogP contribution in [0.15, 0.2) is 24.3 Å². The van der Waals surface area contributed by atoms with Crippen LogP contribution in [0.1, 0.15) is 38.8 Å². The van der Waals surface area contributed by atoms with Gasteiger partial charge in [0.25, 0.3) is 0 Å². The van der Waals surface area contributed by atoms with E-state index in [-0.39, 0.29) is 0 Å². The Morgan fingerprint density at radius 2 is 2.14 bits per heavy atom. The molecule has 1 heterocycles. The highest BCUT2D eigenvalue weighted by Gasteiger charge is 2.27. The van der Waals surface area contributed by atoms with Gasteiger partial charge in [0.1, 0.15) is 0 Å². The average molecular weight is 327 g/mol. The number of halogens is 1. The van der Waals surface area contributed by atoms with Gasteiger partial charge in [-0.05, 0) is 38.4 Å². The summed E-state index contributed by atoms with van der Waals surface area (Å²) in [4.78, 5) is 2.59. The molecule has 1 saturated heterocycles. The van der Waals surface area contributed by atoms with Gasteiger partial charge in [0.15, 0.2) is 0 Å². The van der Waals surface area contributed by atoms with E-state index < -0.39 is 0 Å². The van der Waals surface area contributed by atoms with Gasteiger partial charge in [0.05, 0.1) is 0 Å². The van der Waals surface area contributed by atoms with Crippen LogP contribution in [0.25, 0.3) is 0 Å². The van der Waals surface area contributed by atoms with Gasteiger partial charge < -0.3 is 10.2 Å². The normalized spacial score (nSPS) is 20.4. The number of benzene rings is 1. The van der Waals surface area contributed by atoms with Crippen LogP contribution in [0.3, 0.4) is 0 Å². The van der Waals surface area contributed by atoms with E-state index >= 15 is 0 Å². The molecule has 0 aromatic heterocycles. The first-order valence-corrected chi connectivity index (χ1v) is 9.22. The minimum Gasteiger partial charge on any atom is -0.310 e. The Kier molecular flexibility index (Phi) is 6.42. The maximum atomic E-state index is 6.36. The monoisotopic (exact) mass is 326 g/mol. The van der Waals surface area contributed by atoms with Crippen LogP contribution in [0.4, 0.5) is 0 Å².